The Morgan fingerprint density at radius 1 is 1.50 bits per heavy atom. The average Bonchev–Trinajstić information content (AvgIpc) is 2.65. The third-order valence-corrected chi connectivity index (χ3v) is 3.68. The fourth-order valence-corrected chi connectivity index (χ4v) is 2.65. The van der Waals surface area contributed by atoms with Gasteiger partial charge >= 0.3 is 0 Å². The number of Topliss-reactive ketones (excluding diaryl/α,β-unsaturated/α-hetero) is 1. The molecule has 1 aromatic heterocycles. The van der Waals surface area contributed by atoms with Gasteiger partial charge in [-0.2, -0.15) is 0 Å². The van der Waals surface area contributed by atoms with E-state index in [0.717, 1.165) is 36.4 Å². The fraction of sp³-hybridized carbons (Fsp3) is 0.545. The van der Waals surface area contributed by atoms with Crippen LogP contribution in [0.1, 0.15) is 28.1 Å². The van der Waals surface area contributed by atoms with Crippen LogP contribution in [0, 0.1) is 12.8 Å². The Hall–Kier alpha value is -0.670. The average molecular weight is 209 g/mol. The lowest BCUT2D eigenvalue weighted by molar-refractivity contribution is 0.0895. The molecule has 1 aliphatic rings. The van der Waals surface area contributed by atoms with E-state index in [4.69, 9.17) is 0 Å². The minimum absolute atomic E-state index is 0.254. The van der Waals surface area contributed by atoms with Gasteiger partial charge in [0.15, 0.2) is 5.78 Å². The van der Waals surface area contributed by atoms with Gasteiger partial charge in [0.25, 0.3) is 0 Å². The summed E-state index contributed by atoms with van der Waals surface area (Å²) in [5.41, 5.74) is 0.946. The van der Waals surface area contributed by atoms with Gasteiger partial charge in [-0.25, -0.2) is 0 Å². The molecular weight excluding hydrogens is 194 g/mol. The molecule has 0 aromatic carbocycles. The van der Waals surface area contributed by atoms with Gasteiger partial charge in [0, 0.05) is 16.4 Å². The van der Waals surface area contributed by atoms with Crippen LogP contribution in [-0.4, -0.2) is 18.9 Å². The van der Waals surface area contributed by atoms with Crippen molar-refractivity contribution >= 4 is 17.1 Å². The first-order valence-electron chi connectivity index (χ1n) is 5.08. The predicted octanol–water partition coefficient (Wildman–Crippen LogP) is 2.24. The second-order valence-corrected chi connectivity index (χ2v) is 4.90. The van der Waals surface area contributed by atoms with E-state index < -0.39 is 0 Å². The van der Waals surface area contributed by atoms with Crippen LogP contribution in [-0.2, 0) is 0 Å². The van der Waals surface area contributed by atoms with Gasteiger partial charge in [-0.1, -0.05) is 0 Å². The summed E-state index contributed by atoms with van der Waals surface area (Å²) >= 11 is 1.66. The quantitative estimate of drug-likeness (QED) is 0.757. The highest BCUT2D eigenvalue weighted by atomic mass is 32.1. The van der Waals surface area contributed by atoms with Crippen molar-refractivity contribution in [2.24, 2.45) is 5.92 Å². The molecule has 76 valence electrons. The third kappa shape index (κ3) is 1.88. The second-order valence-electron chi connectivity index (χ2n) is 3.78. The number of thiophene rings is 1. The van der Waals surface area contributed by atoms with Crippen molar-refractivity contribution in [3.63, 3.8) is 0 Å². The van der Waals surface area contributed by atoms with Crippen LogP contribution in [0.5, 0.6) is 0 Å². The summed E-state index contributed by atoms with van der Waals surface area (Å²) in [5, 5.41) is 5.28. The monoisotopic (exact) mass is 209 g/mol. The number of hydrogen-bond acceptors (Lipinski definition) is 3. The second kappa shape index (κ2) is 4.24. The first kappa shape index (κ1) is 9.87. The molecule has 0 aliphatic carbocycles. The normalized spacial score (nSPS) is 18.4. The molecule has 0 bridgehead atoms. The van der Waals surface area contributed by atoms with E-state index >= 15 is 0 Å². The molecule has 0 unspecified atom stereocenters. The van der Waals surface area contributed by atoms with Gasteiger partial charge in [-0.05, 0) is 44.3 Å². The Bertz CT molecular complexity index is 326. The summed E-state index contributed by atoms with van der Waals surface area (Å²) < 4.78 is 0. The number of ketones is 1. The molecule has 1 aliphatic heterocycles. The molecule has 2 nitrogen and oxygen atoms in total. The number of nitrogens with one attached hydrogen (secondary N) is 1. The molecule has 0 amide bonds. The maximum Gasteiger partial charge on any atom is 0.167 e. The molecule has 1 fully saturated rings. The lowest BCUT2D eigenvalue weighted by Crippen LogP contribution is -2.31. The van der Waals surface area contributed by atoms with E-state index in [-0.39, 0.29) is 5.92 Å². The van der Waals surface area contributed by atoms with Crippen molar-refractivity contribution in [3.8, 4) is 0 Å². The summed E-state index contributed by atoms with van der Waals surface area (Å²) in [6.07, 6.45) is 1.99. The van der Waals surface area contributed by atoms with Gasteiger partial charge in [-0.15, -0.1) is 11.3 Å². The molecule has 0 saturated carbocycles. The zero-order valence-electron chi connectivity index (χ0n) is 8.38. The van der Waals surface area contributed by atoms with Crippen molar-refractivity contribution in [2.45, 2.75) is 19.8 Å². The van der Waals surface area contributed by atoms with Gasteiger partial charge in [0.05, 0.1) is 0 Å². The summed E-state index contributed by atoms with van der Waals surface area (Å²) in [4.78, 5) is 13.2. The Morgan fingerprint density at radius 3 is 2.79 bits per heavy atom. The smallest absolute Gasteiger partial charge is 0.167 e. The molecule has 2 heterocycles. The molecule has 1 aromatic rings. The topological polar surface area (TPSA) is 29.1 Å². The van der Waals surface area contributed by atoms with Gasteiger partial charge in [0.2, 0.25) is 0 Å². The summed E-state index contributed by atoms with van der Waals surface area (Å²) in [5.74, 6) is 0.606. The molecule has 0 atom stereocenters. The lowest BCUT2D eigenvalue weighted by atomic mass is 9.90. The zero-order valence-corrected chi connectivity index (χ0v) is 9.19. The number of hydrogen-bond donors (Lipinski definition) is 1. The Balaban J connectivity index is 2.11. The number of piperidine rings is 1. The van der Waals surface area contributed by atoms with E-state index in [1.165, 1.54) is 0 Å². The maximum absolute atomic E-state index is 12.1. The van der Waals surface area contributed by atoms with Gasteiger partial charge in [-0.3, -0.25) is 4.79 Å². The summed E-state index contributed by atoms with van der Waals surface area (Å²) in [7, 11) is 0. The number of carbonyl (C=O) groups excluding carboxylic acids is 1. The summed E-state index contributed by atoms with van der Waals surface area (Å²) in [6.45, 7) is 4.00. The number of aryl methyl sites for hydroxylation is 1. The van der Waals surface area contributed by atoms with Crippen LogP contribution in [0.2, 0.25) is 0 Å². The van der Waals surface area contributed by atoms with Crippen molar-refractivity contribution in [3.05, 3.63) is 21.9 Å². The van der Waals surface area contributed by atoms with Crippen molar-refractivity contribution < 1.29 is 4.79 Å². The lowest BCUT2D eigenvalue weighted by Gasteiger charge is -2.21. The Labute approximate surface area is 88.3 Å². The third-order valence-electron chi connectivity index (χ3n) is 2.83. The first-order valence-corrected chi connectivity index (χ1v) is 5.96. The number of carbonyl (C=O) groups is 1. The molecule has 1 N–H and O–H groups in total. The van der Waals surface area contributed by atoms with Gasteiger partial charge < -0.3 is 5.32 Å². The molecule has 14 heavy (non-hydrogen) atoms. The highest BCUT2D eigenvalue weighted by Crippen LogP contribution is 2.23. The predicted molar refractivity (Wildman–Crippen MR) is 59.0 cm³/mol. The van der Waals surface area contributed by atoms with Crippen LogP contribution >= 0.6 is 11.3 Å². The largest absolute Gasteiger partial charge is 0.317 e. The standard InChI is InChI=1S/C11H15NOS/c1-8-10(4-7-14-8)11(13)9-2-5-12-6-3-9/h4,7,9,12H,2-3,5-6H2,1H3. The van der Waals surface area contributed by atoms with Crippen LogP contribution in [0.3, 0.4) is 0 Å². The van der Waals surface area contributed by atoms with E-state index in [9.17, 15) is 4.79 Å². The minimum Gasteiger partial charge on any atom is -0.317 e. The maximum atomic E-state index is 12.1. The van der Waals surface area contributed by atoms with Crippen LogP contribution in [0.25, 0.3) is 0 Å². The van der Waals surface area contributed by atoms with E-state index in [0.29, 0.717) is 5.78 Å². The van der Waals surface area contributed by atoms with Crippen LogP contribution in [0.15, 0.2) is 11.4 Å². The molecule has 2 rings (SSSR count). The van der Waals surface area contributed by atoms with Gasteiger partial charge in [0.1, 0.15) is 0 Å². The molecule has 1 saturated heterocycles. The Kier molecular flexibility index (Phi) is 2.99. The molecular formula is C11H15NOS. The van der Waals surface area contributed by atoms with Crippen molar-refractivity contribution in [1.82, 2.24) is 5.32 Å². The zero-order chi connectivity index (χ0) is 9.97. The van der Waals surface area contributed by atoms with E-state index in [1.807, 2.05) is 18.4 Å². The SMILES string of the molecule is Cc1sccc1C(=O)C1CCNCC1. The van der Waals surface area contributed by atoms with Crippen LogP contribution < -0.4 is 5.32 Å². The van der Waals surface area contributed by atoms with Crippen LogP contribution in [0.4, 0.5) is 0 Å². The van der Waals surface area contributed by atoms with Crippen molar-refractivity contribution in [2.75, 3.05) is 13.1 Å². The van der Waals surface area contributed by atoms with Crippen molar-refractivity contribution in [1.29, 1.82) is 0 Å². The highest BCUT2D eigenvalue weighted by molar-refractivity contribution is 7.10. The fourth-order valence-electron chi connectivity index (χ4n) is 1.94. The highest BCUT2D eigenvalue weighted by Gasteiger charge is 2.23. The molecule has 0 radical (unpaired) electrons. The minimum atomic E-state index is 0.254. The number of rotatable bonds is 2. The van der Waals surface area contributed by atoms with E-state index in [1.54, 1.807) is 11.3 Å². The van der Waals surface area contributed by atoms with E-state index in [2.05, 4.69) is 5.32 Å². The first-order chi connectivity index (χ1) is 6.79. The summed E-state index contributed by atoms with van der Waals surface area (Å²) in [6, 6.07) is 1.96. The molecule has 3 heteroatoms. The Morgan fingerprint density at radius 2 is 2.21 bits per heavy atom. The molecule has 0 spiro atoms.